The second-order valence-corrected chi connectivity index (χ2v) is 7.08. The van der Waals surface area contributed by atoms with Gasteiger partial charge in [0, 0.05) is 31.4 Å². The largest absolute Gasteiger partial charge is 0.504 e. The summed E-state index contributed by atoms with van der Waals surface area (Å²) in [5, 5.41) is 23.1. The van der Waals surface area contributed by atoms with E-state index in [1.54, 1.807) is 31.5 Å². The number of nitrogens with one attached hydrogen (secondary N) is 1. The van der Waals surface area contributed by atoms with E-state index in [2.05, 4.69) is 10.3 Å². The number of methoxy groups -OCH3 is 1. The van der Waals surface area contributed by atoms with Crippen LogP contribution in [0.1, 0.15) is 35.0 Å². The molecule has 8 heteroatoms. The van der Waals surface area contributed by atoms with Crippen LogP contribution in [0.15, 0.2) is 58.0 Å². The number of phenolic OH excluding ortho intramolecular Hbond substituents is 1. The highest BCUT2D eigenvalue weighted by molar-refractivity contribution is 5.77. The molecule has 3 N–H and O–H groups in total. The van der Waals surface area contributed by atoms with Crippen LogP contribution in [0.2, 0.25) is 0 Å². The highest BCUT2D eigenvalue weighted by atomic mass is 16.5. The van der Waals surface area contributed by atoms with E-state index in [0.717, 1.165) is 5.56 Å². The van der Waals surface area contributed by atoms with Crippen molar-refractivity contribution in [2.24, 2.45) is 0 Å². The molecule has 0 radical (unpaired) electrons. The summed E-state index contributed by atoms with van der Waals surface area (Å²) in [6.45, 7) is 2.01. The average Bonchev–Trinajstić information content (AvgIpc) is 2.76. The monoisotopic (exact) mass is 424 g/mol. The van der Waals surface area contributed by atoms with E-state index in [0.29, 0.717) is 24.3 Å². The third kappa shape index (κ3) is 5.42. The van der Waals surface area contributed by atoms with Crippen LogP contribution < -0.4 is 15.5 Å². The normalized spacial score (nSPS) is 11.7. The van der Waals surface area contributed by atoms with Crippen LogP contribution in [0.25, 0.3) is 0 Å². The van der Waals surface area contributed by atoms with Crippen molar-refractivity contribution in [1.29, 1.82) is 0 Å². The van der Waals surface area contributed by atoms with Gasteiger partial charge in [0.15, 0.2) is 17.3 Å². The Morgan fingerprint density at radius 2 is 1.94 bits per heavy atom. The first-order chi connectivity index (χ1) is 14.9. The summed E-state index contributed by atoms with van der Waals surface area (Å²) in [5.74, 6) is -1.16. The van der Waals surface area contributed by atoms with Gasteiger partial charge in [-0.15, -0.1) is 0 Å². The lowest BCUT2D eigenvalue weighted by Gasteiger charge is -2.19. The topological polar surface area (TPSA) is 122 Å². The minimum Gasteiger partial charge on any atom is -0.504 e. The van der Waals surface area contributed by atoms with E-state index in [9.17, 15) is 19.8 Å². The van der Waals surface area contributed by atoms with Crippen molar-refractivity contribution in [3.05, 3.63) is 81.7 Å². The Labute approximate surface area is 179 Å². The number of ether oxygens (including phenoxy) is 1. The molecule has 2 heterocycles. The van der Waals surface area contributed by atoms with Crippen molar-refractivity contribution in [2.45, 2.75) is 25.7 Å². The lowest BCUT2D eigenvalue weighted by Crippen LogP contribution is -2.27. The SMILES string of the molecule is COc1cc([C@@H](CC(=O)NCCc2ccncc2)c2oc(C)cc(=O)c2O)ccc1O. The zero-order valence-electron chi connectivity index (χ0n) is 17.3. The van der Waals surface area contributed by atoms with Gasteiger partial charge in [0.2, 0.25) is 17.1 Å². The lowest BCUT2D eigenvalue weighted by molar-refractivity contribution is -0.121. The molecule has 2 aromatic heterocycles. The Morgan fingerprint density at radius 3 is 2.65 bits per heavy atom. The highest BCUT2D eigenvalue weighted by Gasteiger charge is 2.26. The van der Waals surface area contributed by atoms with E-state index in [1.807, 2.05) is 12.1 Å². The molecule has 3 rings (SSSR count). The number of hydrogen-bond donors (Lipinski definition) is 3. The highest BCUT2D eigenvalue weighted by Crippen LogP contribution is 2.37. The van der Waals surface area contributed by atoms with Crippen LogP contribution in [0.5, 0.6) is 17.2 Å². The van der Waals surface area contributed by atoms with E-state index < -0.39 is 17.1 Å². The number of aryl methyl sites for hydroxylation is 1. The van der Waals surface area contributed by atoms with Crippen molar-refractivity contribution in [3.63, 3.8) is 0 Å². The molecule has 1 atom stereocenters. The van der Waals surface area contributed by atoms with Crippen molar-refractivity contribution < 1.29 is 24.2 Å². The molecular formula is C23H24N2O6. The number of aromatic hydroxyl groups is 2. The molecule has 0 unspecified atom stereocenters. The number of hydrogen-bond acceptors (Lipinski definition) is 7. The molecule has 162 valence electrons. The quantitative estimate of drug-likeness (QED) is 0.508. The van der Waals surface area contributed by atoms with Gasteiger partial charge in [0.25, 0.3) is 0 Å². The van der Waals surface area contributed by atoms with E-state index in [4.69, 9.17) is 9.15 Å². The van der Waals surface area contributed by atoms with Gasteiger partial charge in [-0.2, -0.15) is 0 Å². The number of pyridine rings is 1. The van der Waals surface area contributed by atoms with Gasteiger partial charge < -0.3 is 24.7 Å². The second kappa shape index (κ2) is 9.80. The van der Waals surface area contributed by atoms with Gasteiger partial charge in [0.05, 0.1) is 13.0 Å². The van der Waals surface area contributed by atoms with Gasteiger partial charge in [-0.25, -0.2) is 0 Å². The molecule has 1 amide bonds. The summed E-state index contributed by atoms with van der Waals surface area (Å²) in [7, 11) is 1.41. The van der Waals surface area contributed by atoms with Gasteiger partial charge >= 0.3 is 0 Å². The molecule has 0 bridgehead atoms. The first-order valence-corrected chi connectivity index (χ1v) is 9.75. The summed E-state index contributed by atoms with van der Waals surface area (Å²) in [6.07, 6.45) is 3.93. The van der Waals surface area contributed by atoms with Crippen molar-refractivity contribution in [3.8, 4) is 17.2 Å². The van der Waals surface area contributed by atoms with Crippen LogP contribution >= 0.6 is 0 Å². The Morgan fingerprint density at radius 1 is 1.19 bits per heavy atom. The third-order valence-corrected chi connectivity index (χ3v) is 4.87. The maximum absolute atomic E-state index is 12.7. The number of phenols is 1. The molecule has 31 heavy (non-hydrogen) atoms. The fourth-order valence-electron chi connectivity index (χ4n) is 3.29. The van der Waals surface area contributed by atoms with Crippen molar-refractivity contribution in [1.82, 2.24) is 10.3 Å². The maximum Gasteiger partial charge on any atom is 0.227 e. The molecule has 0 saturated carbocycles. The number of carbonyl (C=O) groups is 1. The molecule has 0 spiro atoms. The Kier molecular flexibility index (Phi) is 6.92. The number of amides is 1. The maximum atomic E-state index is 12.7. The zero-order chi connectivity index (χ0) is 22.4. The number of nitrogens with zero attached hydrogens (tertiary/aromatic N) is 1. The van der Waals surface area contributed by atoms with E-state index in [1.165, 1.54) is 19.2 Å². The second-order valence-electron chi connectivity index (χ2n) is 7.08. The number of benzene rings is 1. The van der Waals surface area contributed by atoms with Gasteiger partial charge in [-0.05, 0) is 48.7 Å². The number of aromatic nitrogens is 1. The smallest absolute Gasteiger partial charge is 0.227 e. The van der Waals surface area contributed by atoms with Crippen LogP contribution in [-0.4, -0.2) is 34.8 Å². The van der Waals surface area contributed by atoms with Crippen LogP contribution in [-0.2, 0) is 11.2 Å². The standard InChI is InChI=1S/C23H24N2O6/c1-14-11-19(27)22(29)23(31-14)17(16-3-4-18(26)20(12-16)30-2)13-21(28)25-10-7-15-5-8-24-9-6-15/h3-6,8-9,11-12,17,26,29H,7,10,13H2,1-2H3,(H,25,28)/t17-/m1/s1. The fourth-order valence-corrected chi connectivity index (χ4v) is 3.29. The van der Waals surface area contributed by atoms with E-state index >= 15 is 0 Å². The predicted octanol–water partition coefficient (Wildman–Crippen LogP) is 2.64. The van der Waals surface area contributed by atoms with Gasteiger partial charge in [-0.3, -0.25) is 14.6 Å². The first-order valence-electron chi connectivity index (χ1n) is 9.75. The molecule has 0 aliphatic carbocycles. The molecule has 3 aromatic rings. The first kappa shape index (κ1) is 21.9. The molecular weight excluding hydrogens is 400 g/mol. The number of rotatable bonds is 8. The van der Waals surface area contributed by atoms with Crippen molar-refractivity contribution >= 4 is 5.91 Å². The molecule has 0 fully saturated rings. The lowest BCUT2D eigenvalue weighted by atomic mass is 9.91. The predicted molar refractivity (Wildman–Crippen MR) is 113 cm³/mol. The average molecular weight is 424 g/mol. The summed E-state index contributed by atoms with van der Waals surface area (Å²) < 4.78 is 10.8. The summed E-state index contributed by atoms with van der Waals surface area (Å²) in [5.41, 5.74) is 0.994. The van der Waals surface area contributed by atoms with Crippen LogP contribution in [0.4, 0.5) is 0 Å². The zero-order valence-corrected chi connectivity index (χ0v) is 17.3. The van der Waals surface area contributed by atoms with Gasteiger partial charge in [0.1, 0.15) is 5.76 Å². The minimum atomic E-state index is -0.761. The summed E-state index contributed by atoms with van der Waals surface area (Å²) in [6, 6.07) is 9.49. The summed E-state index contributed by atoms with van der Waals surface area (Å²) in [4.78, 5) is 28.8. The molecule has 0 aliphatic rings. The molecule has 1 aromatic carbocycles. The van der Waals surface area contributed by atoms with Crippen LogP contribution in [0, 0.1) is 6.92 Å². The van der Waals surface area contributed by atoms with Gasteiger partial charge in [-0.1, -0.05) is 6.07 Å². The Hall–Kier alpha value is -3.81. The fraction of sp³-hybridized carbons (Fsp3) is 0.261. The Bertz CT molecular complexity index is 1110. The molecule has 0 saturated heterocycles. The minimum absolute atomic E-state index is 0.0120. The van der Waals surface area contributed by atoms with E-state index in [-0.39, 0.29) is 29.6 Å². The molecule has 8 nitrogen and oxygen atoms in total. The van der Waals surface area contributed by atoms with Crippen LogP contribution in [0.3, 0.4) is 0 Å². The summed E-state index contributed by atoms with van der Waals surface area (Å²) >= 11 is 0. The third-order valence-electron chi connectivity index (χ3n) is 4.87. The number of carbonyl (C=O) groups excluding carboxylic acids is 1. The molecule has 0 aliphatic heterocycles. The Balaban J connectivity index is 1.86. The van der Waals surface area contributed by atoms with Crippen molar-refractivity contribution in [2.75, 3.05) is 13.7 Å².